The molecule has 0 aromatic carbocycles. The number of ether oxygens (including phenoxy) is 1. The molecule has 22 heavy (non-hydrogen) atoms. The molecule has 0 spiro atoms. The van der Waals surface area contributed by atoms with Crippen molar-refractivity contribution in [3.8, 4) is 17.1 Å². The highest BCUT2D eigenvalue weighted by Gasteiger charge is 2.18. The van der Waals surface area contributed by atoms with Crippen LogP contribution in [0.5, 0.6) is 5.88 Å². The minimum atomic E-state index is -0.176. The lowest BCUT2D eigenvalue weighted by molar-refractivity contribution is 0.311. The molecule has 1 aliphatic heterocycles. The van der Waals surface area contributed by atoms with Crippen LogP contribution in [-0.4, -0.2) is 60.2 Å². The third kappa shape index (κ3) is 2.94. The average molecular weight is 301 g/mol. The van der Waals surface area contributed by atoms with Crippen molar-refractivity contribution in [3.05, 3.63) is 34.7 Å². The van der Waals surface area contributed by atoms with Crippen LogP contribution in [0.15, 0.2) is 29.2 Å². The van der Waals surface area contributed by atoms with Crippen LogP contribution in [0.25, 0.3) is 11.3 Å². The van der Waals surface area contributed by atoms with Crippen LogP contribution in [0, 0.1) is 0 Å². The first kappa shape index (κ1) is 14.5. The van der Waals surface area contributed by atoms with Crippen LogP contribution in [-0.2, 0) is 0 Å². The second-order valence-corrected chi connectivity index (χ2v) is 5.30. The zero-order valence-electron chi connectivity index (χ0n) is 12.7. The number of aromatic nitrogens is 3. The van der Waals surface area contributed by atoms with E-state index in [2.05, 4.69) is 31.8 Å². The minimum Gasteiger partial charge on any atom is -0.481 e. The number of nitrogens with zero attached hydrogens (tertiary/aromatic N) is 4. The van der Waals surface area contributed by atoms with E-state index in [-0.39, 0.29) is 5.56 Å². The van der Waals surface area contributed by atoms with Crippen molar-refractivity contribution in [2.75, 3.05) is 45.2 Å². The number of pyridine rings is 1. The van der Waals surface area contributed by atoms with Gasteiger partial charge in [0.2, 0.25) is 11.8 Å². The van der Waals surface area contributed by atoms with E-state index in [0.717, 1.165) is 26.2 Å². The maximum absolute atomic E-state index is 12.0. The van der Waals surface area contributed by atoms with E-state index in [4.69, 9.17) is 4.74 Å². The Hall–Kier alpha value is -2.41. The van der Waals surface area contributed by atoms with E-state index in [9.17, 15) is 4.79 Å². The van der Waals surface area contributed by atoms with Gasteiger partial charge in [0, 0.05) is 38.4 Å². The summed E-state index contributed by atoms with van der Waals surface area (Å²) < 4.78 is 5.26. The second kappa shape index (κ2) is 6.15. The molecule has 1 aliphatic rings. The summed E-state index contributed by atoms with van der Waals surface area (Å²) in [6.45, 7) is 3.58. The molecule has 0 radical (unpaired) electrons. The van der Waals surface area contributed by atoms with Gasteiger partial charge in [-0.1, -0.05) is 0 Å². The molecule has 1 saturated heterocycles. The summed E-state index contributed by atoms with van der Waals surface area (Å²) in [5.74, 6) is 1.06. The fraction of sp³-hybridized carbons (Fsp3) is 0.400. The van der Waals surface area contributed by atoms with Gasteiger partial charge < -0.3 is 14.5 Å². The highest BCUT2D eigenvalue weighted by atomic mass is 16.5. The number of hydrogen-bond donors (Lipinski definition) is 1. The maximum Gasteiger partial charge on any atom is 0.252 e. The molecule has 2 aromatic heterocycles. The molecule has 1 fully saturated rings. The van der Waals surface area contributed by atoms with Gasteiger partial charge in [0.05, 0.1) is 18.4 Å². The van der Waals surface area contributed by atoms with E-state index in [1.807, 2.05) is 6.07 Å². The Morgan fingerprint density at radius 2 is 2.05 bits per heavy atom. The minimum absolute atomic E-state index is 0.176. The van der Waals surface area contributed by atoms with Crippen LogP contribution < -0.4 is 15.2 Å². The number of anilines is 1. The Balaban J connectivity index is 1.98. The van der Waals surface area contributed by atoms with E-state index in [0.29, 0.717) is 23.1 Å². The summed E-state index contributed by atoms with van der Waals surface area (Å²) in [5, 5.41) is 0. The summed E-state index contributed by atoms with van der Waals surface area (Å²) in [6, 6.07) is 5.12. The summed E-state index contributed by atoms with van der Waals surface area (Å²) in [6.07, 6.45) is 1.65. The Morgan fingerprint density at radius 3 is 2.77 bits per heavy atom. The number of aromatic amines is 1. The van der Waals surface area contributed by atoms with Gasteiger partial charge in [-0.2, -0.15) is 0 Å². The zero-order valence-corrected chi connectivity index (χ0v) is 12.7. The number of piperazine rings is 1. The molecule has 2 aromatic rings. The molecule has 1 N–H and O–H groups in total. The summed E-state index contributed by atoms with van der Waals surface area (Å²) in [5.41, 5.74) is 1.11. The van der Waals surface area contributed by atoms with Crippen LogP contribution in [0.4, 0.5) is 5.95 Å². The standard InChI is InChI=1S/C15H19N5O2/c1-19-6-8-20(9-7-19)15-17-12(10-13(21)18-15)11-4-3-5-16-14(11)22-2/h3-5,10H,6-9H2,1-2H3,(H,17,18,21). The molecule has 3 rings (SSSR count). The van der Waals surface area contributed by atoms with E-state index >= 15 is 0 Å². The molecule has 7 nitrogen and oxygen atoms in total. The number of methoxy groups -OCH3 is 1. The van der Waals surface area contributed by atoms with Crippen molar-refractivity contribution in [1.29, 1.82) is 0 Å². The van der Waals surface area contributed by atoms with Gasteiger partial charge >= 0.3 is 0 Å². The lowest BCUT2D eigenvalue weighted by Crippen LogP contribution is -2.45. The molecule has 3 heterocycles. The molecular weight excluding hydrogens is 282 g/mol. The molecule has 0 unspecified atom stereocenters. The van der Waals surface area contributed by atoms with Crippen molar-refractivity contribution in [2.24, 2.45) is 0 Å². The van der Waals surface area contributed by atoms with Gasteiger partial charge in [0.15, 0.2) is 0 Å². The predicted molar refractivity (Wildman–Crippen MR) is 84.4 cm³/mol. The maximum atomic E-state index is 12.0. The normalized spacial score (nSPS) is 15.8. The second-order valence-electron chi connectivity index (χ2n) is 5.30. The van der Waals surface area contributed by atoms with Crippen molar-refractivity contribution in [3.63, 3.8) is 0 Å². The third-order valence-electron chi connectivity index (χ3n) is 3.77. The predicted octanol–water partition coefficient (Wildman–Crippen LogP) is 0.592. The Kier molecular flexibility index (Phi) is 4.06. The van der Waals surface area contributed by atoms with Crippen LogP contribution in [0.3, 0.4) is 0 Å². The van der Waals surface area contributed by atoms with Gasteiger partial charge in [-0.05, 0) is 19.2 Å². The van der Waals surface area contributed by atoms with E-state index < -0.39 is 0 Å². The number of H-pyrrole nitrogens is 1. The smallest absolute Gasteiger partial charge is 0.252 e. The molecule has 0 saturated carbocycles. The highest BCUT2D eigenvalue weighted by molar-refractivity contribution is 5.65. The van der Waals surface area contributed by atoms with Gasteiger partial charge in [-0.25, -0.2) is 9.97 Å². The fourth-order valence-corrected chi connectivity index (χ4v) is 2.50. The fourth-order valence-electron chi connectivity index (χ4n) is 2.50. The molecular formula is C15H19N5O2. The van der Waals surface area contributed by atoms with Crippen LogP contribution in [0.1, 0.15) is 0 Å². The lowest BCUT2D eigenvalue weighted by Gasteiger charge is -2.32. The lowest BCUT2D eigenvalue weighted by atomic mass is 10.2. The number of hydrogen-bond acceptors (Lipinski definition) is 6. The first-order chi connectivity index (χ1) is 10.7. The largest absolute Gasteiger partial charge is 0.481 e. The third-order valence-corrected chi connectivity index (χ3v) is 3.77. The molecule has 7 heteroatoms. The molecule has 0 atom stereocenters. The monoisotopic (exact) mass is 301 g/mol. The van der Waals surface area contributed by atoms with Crippen molar-refractivity contribution in [1.82, 2.24) is 19.9 Å². The first-order valence-electron chi connectivity index (χ1n) is 7.21. The summed E-state index contributed by atoms with van der Waals surface area (Å²) in [4.78, 5) is 27.9. The van der Waals surface area contributed by atoms with E-state index in [1.54, 1.807) is 19.4 Å². The SMILES string of the molecule is COc1ncccc1-c1cc(=O)[nH]c(N2CCN(C)CC2)n1. The van der Waals surface area contributed by atoms with Gasteiger partial charge in [0.25, 0.3) is 5.56 Å². The van der Waals surface area contributed by atoms with Crippen molar-refractivity contribution >= 4 is 5.95 Å². The molecule has 0 aliphatic carbocycles. The van der Waals surface area contributed by atoms with Gasteiger partial charge in [-0.15, -0.1) is 0 Å². The van der Waals surface area contributed by atoms with Gasteiger partial charge in [0.1, 0.15) is 0 Å². The van der Waals surface area contributed by atoms with Gasteiger partial charge in [-0.3, -0.25) is 9.78 Å². The Morgan fingerprint density at radius 1 is 1.27 bits per heavy atom. The number of likely N-dealkylation sites (N-methyl/N-ethyl adjacent to an activating group) is 1. The topological polar surface area (TPSA) is 74.3 Å². The average Bonchev–Trinajstić information content (AvgIpc) is 2.55. The number of nitrogens with one attached hydrogen (secondary N) is 1. The van der Waals surface area contributed by atoms with Crippen molar-refractivity contribution < 1.29 is 4.74 Å². The summed E-state index contributed by atoms with van der Waals surface area (Å²) in [7, 11) is 3.64. The molecule has 0 bridgehead atoms. The Bertz CT molecular complexity index is 707. The van der Waals surface area contributed by atoms with Crippen LogP contribution in [0.2, 0.25) is 0 Å². The van der Waals surface area contributed by atoms with Crippen molar-refractivity contribution in [2.45, 2.75) is 0 Å². The Labute approximate surface area is 128 Å². The quantitative estimate of drug-likeness (QED) is 0.894. The molecule has 116 valence electrons. The highest BCUT2D eigenvalue weighted by Crippen LogP contribution is 2.25. The van der Waals surface area contributed by atoms with Crippen LogP contribution >= 0.6 is 0 Å². The zero-order chi connectivity index (χ0) is 15.5. The number of rotatable bonds is 3. The molecule has 0 amide bonds. The van der Waals surface area contributed by atoms with E-state index in [1.165, 1.54) is 6.07 Å². The summed E-state index contributed by atoms with van der Waals surface area (Å²) >= 11 is 0. The first-order valence-corrected chi connectivity index (χ1v) is 7.21.